The summed E-state index contributed by atoms with van der Waals surface area (Å²) in [7, 11) is 0. The molecule has 0 unspecified atom stereocenters. The van der Waals surface area contributed by atoms with Crippen LogP contribution >= 0.6 is 0 Å². The van der Waals surface area contributed by atoms with Crippen LogP contribution < -0.4 is 5.32 Å². The lowest BCUT2D eigenvalue weighted by Crippen LogP contribution is -2.19. The van der Waals surface area contributed by atoms with E-state index in [1.54, 1.807) is 0 Å². The largest absolute Gasteiger partial charge is 0.320 e. The van der Waals surface area contributed by atoms with Crippen LogP contribution in [0.2, 0.25) is 0 Å². The van der Waals surface area contributed by atoms with E-state index in [0.717, 1.165) is 39.3 Å². The van der Waals surface area contributed by atoms with Crippen molar-refractivity contribution in [2.75, 3.05) is 5.32 Å². The van der Waals surface area contributed by atoms with Crippen molar-refractivity contribution in [1.82, 2.24) is 0 Å². The van der Waals surface area contributed by atoms with Gasteiger partial charge in [0.25, 0.3) is 5.91 Å². The van der Waals surface area contributed by atoms with E-state index in [1.807, 2.05) is 73.7 Å². The topological polar surface area (TPSA) is 41.5 Å². The standard InChI is InChI=1S/C22H18N2O/c1-14-12-19-20(13-15(14)2)24-22(25)18-11-7-6-10-17(18)21(23-19)16-8-4-3-5-9-16/h3-13H,1-2H3,(H,24,25). The van der Waals surface area contributed by atoms with E-state index >= 15 is 0 Å². The zero-order valence-corrected chi connectivity index (χ0v) is 14.2. The Labute approximate surface area is 147 Å². The molecule has 1 aliphatic rings. The summed E-state index contributed by atoms with van der Waals surface area (Å²) in [6, 6.07) is 21.6. The summed E-state index contributed by atoms with van der Waals surface area (Å²) in [5.74, 6) is -0.108. The SMILES string of the molecule is Cc1cc2c(cc1C)NC(=O)c1ccccc1C(c1ccccc1)=N2. The normalized spacial score (nSPS) is 13.0. The summed E-state index contributed by atoms with van der Waals surface area (Å²) in [5, 5.41) is 3.01. The second-order valence-electron chi connectivity index (χ2n) is 6.28. The van der Waals surface area contributed by atoms with Crippen molar-refractivity contribution in [3.63, 3.8) is 0 Å². The van der Waals surface area contributed by atoms with Gasteiger partial charge in [-0.15, -0.1) is 0 Å². The van der Waals surface area contributed by atoms with E-state index in [2.05, 4.69) is 12.2 Å². The summed E-state index contributed by atoms with van der Waals surface area (Å²) in [5.41, 5.74) is 7.09. The predicted molar refractivity (Wildman–Crippen MR) is 102 cm³/mol. The number of amides is 1. The second kappa shape index (κ2) is 6.02. The third kappa shape index (κ3) is 2.74. The minimum absolute atomic E-state index is 0.108. The number of aryl methyl sites for hydroxylation is 2. The monoisotopic (exact) mass is 326 g/mol. The van der Waals surface area contributed by atoms with Gasteiger partial charge in [0.15, 0.2) is 0 Å². The molecule has 3 heteroatoms. The first kappa shape index (κ1) is 15.3. The molecule has 1 N–H and O–H groups in total. The molecule has 0 spiro atoms. The molecule has 0 fully saturated rings. The van der Waals surface area contributed by atoms with Gasteiger partial charge in [-0.3, -0.25) is 4.79 Å². The number of nitrogens with one attached hydrogen (secondary N) is 1. The molecule has 3 aromatic rings. The molecule has 0 bridgehead atoms. The Morgan fingerprint density at radius 2 is 1.44 bits per heavy atom. The van der Waals surface area contributed by atoms with Crippen molar-refractivity contribution < 1.29 is 4.79 Å². The number of hydrogen-bond donors (Lipinski definition) is 1. The van der Waals surface area contributed by atoms with Gasteiger partial charge in [-0.2, -0.15) is 0 Å². The van der Waals surface area contributed by atoms with E-state index in [1.165, 1.54) is 0 Å². The van der Waals surface area contributed by atoms with E-state index in [4.69, 9.17) is 4.99 Å². The minimum atomic E-state index is -0.108. The number of anilines is 1. The van der Waals surface area contributed by atoms with Gasteiger partial charge in [0.05, 0.1) is 17.1 Å². The zero-order chi connectivity index (χ0) is 17.4. The van der Waals surface area contributed by atoms with Crippen LogP contribution in [0.4, 0.5) is 11.4 Å². The lowest BCUT2D eigenvalue weighted by atomic mass is 9.95. The van der Waals surface area contributed by atoms with E-state index < -0.39 is 0 Å². The molecular weight excluding hydrogens is 308 g/mol. The van der Waals surface area contributed by atoms with Crippen LogP contribution in [0.25, 0.3) is 0 Å². The molecule has 3 nitrogen and oxygen atoms in total. The summed E-state index contributed by atoms with van der Waals surface area (Å²) in [6.45, 7) is 4.10. The highest BCUT2D eigenvalue weighted by Gasteiger charge is 2.21. The minimum Gasteiger partial charge on any atom is -0.320 e. The fraction of sp³-hybridized carbons (Fsp3) is 0.0909. The van der Waals surface area contributed by atoms with Gasteiger partial charge in [-0.25, -0.2) is 4.99 Å². The molecule has 4 rings (SSSR count). The number of nitrogens with zero attached hydrogens (tertiary/aromatic N) is 1. The maximum absolute atomic E-state index is 12.8. The summed E-state index contributed by atoms with van der Waals surface area (Å²) >= 11 is 0. The summed E-state index contributed by atoms with van der Waals surface area (Å²) in [6.07, 6.45) is 0. The number of aliphatic imine (C=N–C) groups is 1. The smallest absolute Gasteiger partial charge is 0.256 e. The predicted octanol–water partition coefficient (Wildman–Crippen LogP) is 5.04. The molecule has 1 heterocycles. The summed E-state index contributed by atoms with van der Waals surface area (Å²) in [4.78, 5) is 17.8. The van der Waals surface area contributed by atoms with Crippen LogP contribution in [0.1, 0.15) is 32.6 Å². The first-order chi connectivity index (χ1) is 12.1. The van der Waals surface area contributed by atoms with Crippen LogP contribution in [0.3, 0.4) is 0 Å². The van der Waals surface area contributed by atoms with Crippen LogP contribution in [0.15, 0.2) is 71.7 Å². The Kier molecular flexibility index (Phi) is 3.69. The maximum atomic E-state index is 12.8. The van der Waals surface area contributed by atoms with Crippen molar-refractivity contribution in [2.24, 2.45) is 4.99 Å². The molecule has 0 saturated heterocycles. The molecular formula is C22H18N2O. The number of hydrogen-bond acceptors (Lipinski definition) is 2. The van der Waals surface area contributed by atoms with Crippen molar-refractivity contribution in [1.29, 1.82) is 0 Å². The molecule has 0 saturated carbocycles. The lowest BCUT2D eigenvalue weighted by Gasteiger charge is -2.19. The van der Waals surface area contributed by atoms with Crippen LogP contribution in [-0.4, -0.2) is 11.6 Å². The van der Waals surface area contributed by atoms with E-state index in [-0.39, 0.29) is 5.91 Å². The molecule has 1 aliphatic heterocycles. The molecule has 1 amide bonds. The Bertz CT molecular complexity index is 1000. The average Bonchev–Trinajstić information content (AvgIpc) is 2.63. The molecule has 0 atom stereocenters. The summed E-state index contributed by atoms with van der Waals surface area (Å²) < 4.78 is 0. The fourth-order valence-electron chi connectivity index (χ4n) is 3.07. The van der Waals surface area contributed by atoms with E-state index in [0.29, 0.717) is 5.56 Å². The first-order valence-electron chi connectivity index (χ1n) is 8.29. The van der Waals surface area contributed by atoms with Crippen molar-refractivity contribution in [2.45, 2.75) is 13.8 Å². The van der Waals surface area contributed by atoms with Crippen LogP contribution in [0, 0.1) is 13.8 Å². The van der Waals surface area contributed by atoms with Gasteiger partial charge in [0.1, 0.15) is 0 Å². The fourth-order valence-corrected chi connectivity index (χ4v) is 3.07. The Morgan fingerprint density at radius 1 is 0.800 bits per heavy atom. The van der Waals surface area contributed by atoms with E-state index in [9.17, 15) is 4.79 Å². The Hall–Kier alpha value is -3.20. The molecule has 122 valence electrons. The quantitative estimate of drug-likeness (QED) is 0.669. The Balaban J connectivity index is 2.05. The zero-order valence-electron chi connectivity index (χ0n) is 14.2. The van der Waals surface area contributed by atoms with Gasteiger partial charge in [-0.1, -0.05) is 48.5 Å². The number of carbonyl (C=O) groups is 1. The third-order valence-electron chi connectivity index (χ3n) is 4.57. The molecule has 0 aliphatic carbocycles. The van der Waals surface area contributed by atoms with Gasteiger partial charge < -0.3 is 5.32 Å². The third-order valence-corrected chi connectivity index (χ3v) is 4.57. The highest BCUT2D eigenvalue weighted by Crippen LogP contribution is 2.33. The van der Waals surface area contributed by atoms with Gasteiger partial charge in [-0.05, 0) is 43.2 Å². The maximum Gasteiger partial charge on any atom is 0.256 e. The molecule has 25 heavy (non-hydrogen) atoms. The number of rotatable bonds is 1. The highest BCUT2D eigenvalue weighted by molar-refractivity contribution is 6.22. The highest BCUT2D eigenvalue weighted by atomic mass is 16.1. The molecule has 3 aromatic carbocycles. The number of carbonyl (C=O) groups excluding carboxylic acids is 1. The van der Waals surface area contributed by atoms with Crippen molar-refractivity contribution >= 4 is 23.0 Å². The lowest BCUT2D eigenvalue weighted by molar-refractivity contribution is 0.102. The van der Waals surface area contributed by atoms with Gasteiger partial charge >= 0.3 is 0 Å². The number of fused-ring (bicyclic) bond motifs is 2. The van der Waals surface area contributed by atoms with Crippen molar-refractivity contribution in [3.05, 3.63) is 94.5 Å². The Morgan fingerprint density at radius 3 is 2.20 bits per heavy atom. The van der Waals surface area contributed by atoms with Gasteiger partial charge in [0, 0.05) is 16.7 Å². The molecule has 0 aromatic heterocycles. The molecule has 0 radical (unpaired) electrons. The van der Waals surface area contributed by atoms with Crippen LogP contribution in [0.5, 0.6) is 0 Å². The second-order valence-corrected chi connectivity index (χ2v) is 6.28. The van der Waals surface area contributed by atoms with Crippen molar-refractivity contribution in [3.8, 4) is 0 Å². The van der Waals surface area contributed by atoms with Crippen LogP contribution in [-0.2, 0) is 0 Å². The average molecular weight is 326 g/mol. The number of benzene rings is 3. The first-order valence-corrected chi connectivity index (χ1v) is 8.29. The van der Waals surface area contributed by atoms with Gasteiger partial charge in [0.2, 0.25) is 0 Å².